The molecule has 0 aliphatic carbocycles. The van der Waals surface area contributed by atoms with Crippen molar-refractivity contribution in [2.45, 2.75) is 0 Å². The van der Waals surface area contributed by atoms with Gasteiger partial charge in [-0.25, -0.2) is 0 Å². The predicted octanol–water partition coefficient (Wildman–Crippen LogP) is 15.1. The standard InChI is InChI=1S/C52H33NO2/c1-2-9-34(10-3-1)35-17-19-36(20-18-35)37-21-27-41(28-22-37)53(47-14-8-16-50-51(47)45-31-25-39-11-4-5-12-43(39)52(45)55-50)42-29-23-38(24-30-42)40-26-32-49-46(33-40)44-13-6-7-15-48(44)54-49/h1-33H/i21D,22D,27D,28D. The Hall–Kier alpha value is -7.36. The molecule has 0 amide bonds. The summed E-state index contributed by atoms with van der Waals surface area (Å²) in [6.45, 7) is 0. The van der Waals surface area contributed by atoms with Crippen LogP contribution in [0, 0.1) is 0 Å². The molecule has 11 aromatic rings. The second kappa shape index (κ2) is 12.6. The first-order chi connectivity index (χ1) is 28.9. The van der Waals surface area contributed by atoms with E-state index in [2.05, 4.69) is 30.3 Å². The summed E-state index contributed by atoms with van der Waals surface area (Å²) in [7, 11) is 0. The number of hydrogen-bond acceptors (Lipinski definition) is 3. The first-order valence-corrected chi connectivity index (χ1v) is 18.3. The quantitative estimate of drug-likeness (QED) is 0.172. The molecular formula is C52H33NO2. The second-order valence-electron chi connectivity index (χ2n) is 13.8. The van der Waals surface area contributed by atoms with Gasteiger partial charge in [-0.05, 0) is 99.4 Å². The lowest BCUT2D eigenvalue weighted by Gasteiger charge is -2.26. The molecule has 3 heteroatoms. The lowest BCUT2D eigenvalue weighted by molar-refractivity contribution is 0.669. The lowest BCUT2D eigenvalue weighted by Crippen LogP contribution is -2.10. The molecule has 0 spiro atoms. The molecule has 0 fully saturated rings. The Morgan fingerprint density at radius 2 is 0.982 bits per heavy atom. The highest BCUT2D eigenvalue weighted by Gasteiger charge is 2.21. The van der Waals surface area contributed by atoms with Crippen molar-refractivity contribution < 1.29 is 14.3 Å². The number of furan rings is 2. The van der Waals surface area contributed by atoms with Crippen LogP contribution in [0.4, 0.5) is 17.1 Å². The van der Waals surface area contributed by atoms with Crippen LogP contribution >= 0.6 is 0 Å². The van der Waals surface area contributed by atoms with E-state index in [1.54, 1.807) is 0 Å². The summed E-state index contributed by atoms with van der Waals surface area (Å²) < 4.78 is 50.7. The van der Waals surface area contributed by atoms with Gasteiger partial charge in [-0.3, -0.25) is 0 Å². The molecule has 0 aliphatic heterocycles. The van der Waals surface area contributed by atoms with Gasteiger partial charge in [0.1, 0.15) is 22.3 Å². The number of hydrogen-bond donors (Lipinski definition) is 0. The summed E-state index contributed by atoms with van der Waals surface area (Å²) in [4.78, 5) is 1.85. The summed E-state index contributed by atoms with van der Waals surface area (Å²) in [6, 6.07) is 57.4. The van der Waals surface area contributed by atoms with E-state index in [0.717, 1.165) is 71.3 Å². The summed E-state index contributed by atoms with van der Waals surface area (Å²) in [5.41, 5.74) is 9.48. The van der Waals surface area contributed by atoms with Crippen LogP contribution in [0.1, 0.15) is 5.48 Å². The van der Waals surface area contributed by atoms with Crippen LogP contribution in [0.5, 0.6) is 0 Å². The van der Waals surface area contributed by atoms with E-state index in [4.69, 9.17) is 8.83 Å². The maximum Gasteiger partial charge on any atom is 0.143 e. The van der Waals surface area contributed by atoms with E-state index >= 15 is 0 Å². The Bertz CT molecular complexity index is 3400. The predicted molar refractivity (Wildman–Crippen MR) is 229 cm³/mol. The number of anilines is 3. The second-order valence-corrected chi connectivity index (χ2v) is 13.8. The number of nitrogens with zero attached hydrogens (tertiary/aromatic N) is 1. The maximum atomic E-state index is 9.61. The van der Waals surface area contributed by atoms with Crippen molar-refractivity contribution >= 4 is 71.7 Å². The number of fused-ring (bicyclic) bond motifs is 8. The Kier molecular flexibility index (Phi) is 6.27. The van der Waals surface area contributed by atoms with Crippen molar-refractivity contribution in [3.05, 3.63) is 200 Å². The summed E-state index contributed by atoms with van der Waals surface area (Å²) in [5.74, 6) is 0. The Labute approximate surface area is 323 Å². The molecule has 258 valence electrons. The molecule has 2 aromatic heterocycles. The van der Waals surface area contributed by atoms with Gasteiger partial charge in [0.2, 0.25) is 0 Å². The molecule has 0 aliphatic rings. The molecular weight excluding hydrogens is 671 g/mol. The summed E-state index contributed by atoms with van der Waals surface area (Å²) >= 11 is 0. The topological polar surface area (TPSA) is 29.5 Å². The minimum Gasteiger partial charge on any atom is -0.456 e. The number of benzene rings is 9. The van der Waals surface area contributed by atoms with Crippen LogP contribution < -0.4 is 4.90 Å². The number of rotatable bonds is 6. The SMILES string of the molecule is [2H]c1c([2H])c(N(c2ccc(-c3ccc4oc5ccccc5c4c3)cc2)c2cccc3oc4c5ccccc5ccc4c23)c([2H])c([2H])c1-c1ccc(-c2ccccc2)cc1. The molecule has 0 saturated carbocycles. The zero-order valence-electron chi connectivity index (χ0n) is 33.5. The first-order valence-electron chi connectivity index (χ1n) is 20.3. The van der Waals surface area contributed by atoms with Gasteiger partial charge in [0.05, 0.1) is 16.6 Å². The van der Waals surface area contributed by atoms with Crippen LogP contribution in [0.25, 0.3) is 88.0 Å². The minimum absolute atomic E-state index is 0.119. The molecule has 0 unspecified atom stereocenters. The van der Waals surface area contributed by atoms with Crippen molar-refractivity contribution in [1.82, 2.24) is 0 Å². The third-order valence-corrected chi connectivity index (χ3v) is 10.6. The average Bonchev–Trinajstić information content (AvgIpc) is 3.87. The van der Waals surface area contributed by atoms with Crippen LogP contribution in [0.15, 0.2) is 209 Å². The van der Waals surface area contributed by atoms with Gasteiger partial charge in [-0.1, -0.05) is 139 Å². The van der Waals surface area contributed by atoms with Crippen molar-refractivity contribution in [1.29, 1.82) is 0 Å². The number of para-hydroxylation sites is 1. The summed E-state index contributed by atoms with van der Waals surface area (Å²) in [5, 5.41) is 5.83. The van der Waals surface area contributed by atoms with Crippen molar-refractivity contribution in [2.24, 2.45) is 0 Å². The van der Waals surface area contributed by atoms with E-state index in [1.807, 2.05) is 150 Å². The van der Waals surface area contributed by atoms with E-state index in [9.17, 15) is 5.48 Å². The Balaban J connectivity index is 1.10. The minimum atomic E-state index is -0.148. The van der Waals surface area contributed by atoms with Crippen LogP contribution in [0.2, 0.25) is 0 Å². The van der Waals surface area contributed by atoms with Gasteiger partial charge in [-0.15, -0.1) is 0 Å². The Morgan fingerprint density at radius 1 is 0.364 bits per heavy atom. The van der Waals surface area contributed by atoms with Gasteiger partial charge in [0.25, 0.3) is 0 Å². The van der Waals surface area contributed by atoms with E-state index in [0.29, 0.717) is 22.5 Å². The first kappa shape index (κ1) is 27.3. The van der Waals surface area contributed by atoms with Gasteiger partial charge in [-0.2, -0.15) is 0 Å². The van der Waals surface area contributed by atoms with Crippen molar-refractivity contribution in [3.8, 4) is 33.4 Å². The normalized spacial score (nSPS) is 12.7. The zero-order chi connectivity index (χ0) is 39.8. The summed E-state index contributed by atoms with van der Waals surface area (Å²) in [6.07, 6.45) is 0. The van der Waals surface area contributed by atoms with E-state index < -0.39 is 0 Å². The molecule has 0 radical (unpaired) electrons. The monoisotopic (exact) mass is 707 g/mol. The maximum absolute atomic E-state index is 9.61. The molecule has 0 bridgehead atoms. The fourth-order valence-corrected chi connectivity index (χ4v) is 7.84. The average molecular weight is 708 g/mol. The van der Waals surface area contributed by atoms with Gasteiger partial charge < -0.3 is 13.7 Å². The molecule has 55 heavy (non-hydrogen) atoms. The van der Waals surface area contributed by atoms with Gasteiger partial charge >= 0.3 is 0 Å². The zero-order valence-corrected chi connectivity index (χ0v) is 29.5. The van der Waals surface area contributed by atoms with Crippen LogP contribution in [-0.2, 0) is 0 Å². The van der Waals surface area contributed by atoms with Crippen LogP contribution in [-0.4, -0.2) is 0 Å². The highest BCUT2D eigenvalue weighted by molar-refractivity contribution is 6.19. The fraction of sp³-hybridized carbons (Fsp3) is 0. The van der Waals surface area contributed by atoms with Crippen molar-refractivity contribution in [2.75, 3.05) is 4.90 Å². The fourth-order valence-electron chi connectivity index (χ4n) is 7.84. The van der Waals surface area contributed by atoms with Gasteiger partial charge in [0.15, 0.2) is 0 Å². The largest absolute Gasteiger partial charge is 0.456 e. The van der Waals surface area contributed by atoms with Crippen LogP contribution in [0.3, 0.4) is 0 Å². The molecule has 3 nitrogen and oxygen atoms in total. The smallest absolute Gasteiger partial charge is 0.143 e. The molecule has 11 rings (SSSR count). The van der Waals surface area contributed by atoms with Gasteiger partial charge in [0, 0.05) is 32.9 Å². The lowest BCUT2D eigenvalue weighted by atomic mass is 9.99. The highest BCUT2D eigenvalue weighted by Crippen LogP contribution is 2.45. The van der Waals surface area contributed by atoms with Crippen molar-refractivity contribution in [3.63, 3.8) is 0 Å². The molecule has 2 heterocycles. The highest BCUT2D eigenvalue weighted by atomic mass is 16.3. The van der Waals surface area contributed by atoms with E-state index in [-0.39, 0.29) is 35.4 Å². The molecule has 9 aromatic carbocycles. The molecule has 0 saturated heterocycles. The third-order valence-electron chi connectivity index (χ3n) is 10.6. The third kappa shape index (κ3) is 5.28. The Morgan fingerprint density at radius 3 is 1.80 bits per heavy atom. The molecule has 0 N–H and O–H groups in total. The molecule has 0 atom stereocenters. The van der Waals surface area contributed by atoms with E-state index in [1.165, 1.54) is 0 Å².